The highest BCUT2D eigenvalue weighted by molar-refractivity contribution is 5.44. The second kappa shape index (κ2) is 5.10. The first kappa shape index (κ1) is 11.1. The Labute approximate surface area is 105 Å². The maximum absolute atomic E-state index is 5.76. The van der Waals surface area contributed by atoms with E-state index in [0.29, 0.717) is 6.61 Å². The summed E-state index contributed by atoms with van der Waals surface area (Å²) in [6.45, 7) is 2.37. The van der Waals surface area contributed by atoms with E-state index in [9.17, 15) is 0 Å². The molecular weight excluding hydrogens is 228 g/mol. The predicted octanol–water partition coefficient (Wildman–Crippen LogP) is 1.45. The molecule has 5 nitrogen and oxygen atoms in total. The van der Waals surface area contributed by atoms with Crippen LogP contribution in [0.25, 0.3) is 0 Å². The van der Waals surface area contributed by atoms with Crippen LogP contribution in [0, 0.1) is 0 Å². The van der Waals surface area contributed by atoms with Gasteiger partial charge in [-0.05, 0) is 18.2 Å². The van der Waals surface area contributed by atoms with Gasteiger partial charge in [0.1, 0.15) is 12.4 Å². The van der Waals surface area contributed by atoms with Crippen molar-refractivity contribution in [3.63, 3.8) is 0 Å². The van der Waals surface area contributed by atoms with E-state index in [1.165, 1.54) is 0 Å². The molecule has 1 saturated heterocycles. The fraction of sp³-hybridized carbons (Fsp3) is 0.308. The molecule has 1 aliphatic heterocycles. The van der Waals surface area contributed by atoms with Crippen LogP contribution in [0.15, 0.2) is 43.1 Å². The van der Waals surface area contributed by atoms with Crippen LogP contribution in [0.3, 0.4) is 0 Å². The first-order valence-corrected chi connectivity index (χ1v) is 5.96. The van der Waals surface area contributed by atoms with Crippen LogP contribution < -0.4 is 4.90 Å². The highest BCUT2D eigenvalue weighted by Crippen LogP contribution is 2.23. The number of nitrogens with zero attached hydrogens (tertiary/aromatic N) is 4. The number of ether oxygens (including phenoxy) is 1. The van der Waals surface area contributed by atoms with Crippen LogP contribution in [0.1, 0.15) is 11.8 Å². The van der Waals surface area contributed by atoms with E-state index in [2.05, 4.69) is 25.9 Å². The average Bonchev–Trinajstić information content (AvgIpc) is 2.49. The fourth-order valence-corrected chi connectivity index (χ4v) is 2.09. The zero-order valence-corrected chi connectivity index (χ0v) is 9.94. The zero-order valence-electron chi connectivity index (χ0n) is 9.94. The number of pyridine rings is 1. The molecule has 0 N–H and O–H groups in total. The van der Waals surface area contributed by atoms with Crippen LogP contribution in [-0.4, -0.2) is 34.6 Å². The van der Waals surface area contributed by atoms with Gasteiger partial charge >= 0.3 is 0 Å². The van der Waals surface area contributed by atoms with Gasteiger partial charge in [-0.25, -0.2) is 9.97 Å². The molecule has 3 rings (SSSR count). The molecule has 1 aliphatic rings. The molecule has 2 aromatic rings. The summed E-state index contributed by atoms with van der Waals surface area (Å²) in [5, 5.41) is 0. The van der Waals surface area contributed by atoms with Crippen molar-refractivity contribution < 1.29 is 4.74 Å². The maximum atomic E-state index is 5.76. The van der Waals surface area contributed by atoms with E-state index < -0.39 is 0 Å². The third-order valence-electron chi connectivity index (χ3n) is 3.01. The van der Waals surface area contributed by atoms with Gasteiger partial charge in [0.25, 0.3) is 0 Å². The third-order valence-corrected chi connectivity index (χ3v) is 3.01. The van der Waals surface area contributed by atoms with E-state index in [1.54, 1.807) is 18.7 Å². The third kappa shape index (κ3) is 2.31. The minimum Gasteiger partial charge on any atom is -0.368 e. The Balaban J connectivity index is 1.77. The van der Waals surface area contributed by atoms with Gasteiger partial charge in [0.2, 0.25) is 0 Å². The number of anilines is 1. The smallest absolute Gasteiger partial charge is 0.117 e. The first-order chi connectivity index (χ1) is 8.93. The van der Waals surface area contributed by atoms with Crippen LogP contribution in [-0.2, 0) is 4.74 Å². The summed E-state index contributed by atoms with van der Waals surface area (Å²) in [6, 6.07) is 5.91. The molecule has 3 heterocycles. The molecule has 92 valence electrons. The number of morpholine rings is 1. The lowest BCUT2D eigenvalue weighted by Crippen LogP contribution is -2.38. The lowest BCUT2D eigenvalue weighted by atomic mass is 10.2. The Morgan fingerprint density at radius 3 is 3.00 bits per heavy atom. The van der Waals surface area contributed by atoms with Crippen LogP contribution >= 0.6 is 0 Å². The van der Waals surface area contributed by atoms with E-state index in [0.717, 1.165) is 24.5 Å². The lowest BCUT2D eigenvalue weighted by molar-refractivity contribution is 0.0369. The first-order valence-electron chi connectivity index (χ1n) is 5.96. The van der Waals surface area contributed by atoms with Gasteiger partial charge in [-0.15, -0.1) is 0 Å². The zero-order chi connectivity index (χ0) is 12.2. The Morgan fingerprint density at radius 2 is 2.22 bits per heavy atom. The summed E-state index contributed by atoms with van der Waals surface area (Å²) < 4.78 is 5.76. The molecule has 0 bridgehead atoms. The Hall–Kier alpha value is -2.01. The molecule has 0 aromatic carbocycles. The van der Waals surface area contributed by atoms with Crippen molar-refractivity contribution in [3.05, 3.63) is 48.8 Å². The predicted molar refractivity (Wildman–Crippen MR) is 67.2 cm³/mol. The van der Waals surface area contributed by atoms with Gasteiger partial charge in [0, 0.05) is 18.9 Å². The second-order valence-electron chi connectivity index (χ2n) is 4.15. The summed E-state index contributed by atoms with van der Waals surface area (Å²) in [7, 11) is 0. The largest absolute Gasteiger partial charge is 0.368 e. The van der Waals surface area contributed by atoms with E-state index in [-0.39, 0.29) is 6.10 Å². The maximum Gasteiger partial charge on any atom is 0.117 e. The molecule has 1 fully saturated rings. The van der Waals surface area contributed by atoms with E-state index in [1.807, 2.05) is 18.3 Å². The molecule has 0 aliphatic carbocycles. The molecule has 0 amide bonds. The van der Waals surface area contributed by atoms with Crippen molar-refractivity contribution in [2.75, 3.05) is 24.6 Å². The fourth-order valence-electron chi connectivity index (χ4n) is 2.09. The van der Waals surface area contributed by atoms with Crippen molar-refractivity contribution in [3.8, 4) is 0 Å². The minimum absolute atomic E-state index is 0.00181. The summed E-state index contributed by atoms with van der Waals surface area (Å²) >= 11 is 0. The van der Waals surface area contributed by atoms with Crippen molar-refractivity contribution in [1.29, 1.82) is 0 Å². The topological polar surface area (TPSA) is 51.1 Å². The molecule has 1 unspecified atom stereocenters. The van der Waals surface area contributed by atoms with Gasteiger partial charge < -0.3 is 9.64 Å². The lowest BCUT2D eigenvalue weighted by Gasteiger charge is -2.33. The molecule has 0 radical (unpaired) electrons. The summed E-state index contributed by atoms with van der Waals surface area (Å²) in [5.74, 6) is 0. The van der Waals surface area contributed by atoms with Gasteiger partial charge in [-0.3, -0.25) is 4.98 Å². The summed E-state index contributed by atoms with van der Waals surface area (Å²) in [6.07, 6.45) is 6.96. The standard InChI is InChI=1S/C13H14N4O/c1-2-11(8-14-4-1)17-6-7-18-13(9-17)12-3-5-15-10-16-12/h1-5,8,10,13H,6-7,9H2. The summed E-state index contributed by atoms with van der Waals surface area (Å²) in [4.78, 5) is 14.6. The van der Waals surface area contributed by atoms with Crippen LogP contribution in [0.4, 0.5) is 5.69 Å². The van der Waals surface area contributed by atoms with Crippen molar-refractivity contribution in [1.82, 2.24) is 15.0 Å². The van der Waals surface area contributed by atoms with E-state index in [4.69, 9.17) is 4.74 Å². The quantitative estimate of drug-likeness (QED) is 0.797. The average molecular weight is 242 g/mol. The van der Waals surface area contributed by atoms with Crippen LogP contribution in [0.5, 0.6) is 0 Å². The molecule has 2 aromatic heterocycles. The number of hydrogen-bond donors (Lipinski definition) is 0. The van der Waals surface area contributed by atoms with Gasteiger partial charge in [0.05, 0.1) is 30.7 Å². The monoisotopic (exact) mass is 242 g/mol. The molecule has 0 spiro atoms. The summed E-state index contributed by atoms with van der Waals surface area (Å²) in [5.41, 5.74) is 2.05. The normalized spacial score (nSPS) is 19.8. The SMILES string of the molecule is c1cncc(N2CCOC(c3ccncn3)C2)c1. The van der Waals surface area contributed by atoms with Crippen molar-refractivity contribution in [2.45, 2.75) is 6.10 Å². The number of hydrogen-bond acceptors (Lipinski definition) is 5. The molecular formula is C13H14N4O. The number of aromatic nitrogens is 3. The highest BCUT2D eigenvalue weighted by atomic mass is 16.5. The van der Waals surface area contributed by atoms with E-state index >= 15 is 0 Å². The van der Waals surface area contributed by atoms with Gasteiger partial charge in [-0.2, -0.15) is 0 Å². The Morgan fingerprint density at radius 1 is 1.22 bits per heavy atom. The van der Waals surface area contributed by atoms with Crippen molar-refractivity contribution >= 4 is 5.69 Å². The highest BCUT2D eigenvalue weighted by Gasteiger charge is 2.23. The number of rotatable bonds is 2. The molecule has 1 atom stereocenters. The Kier molecular flexibility index (Phi) is 3.14. The van der Waals surface area contributed by atoms with Gasteiger partial charge in [-0.1, -0.05) is 0 Å². The minimum atomic E-state index is 0.00181. The van der Waals surface area contributed by atoms with Crippen LogP contribution in [0.2, 0.25) is 0 Å². The molecule has 18 heavy (non-hydrogen) atoms. The molecule has 5 heteroatoms. The Bertz CT molecular complexity index is 445. The molecule has 0 saturated carbocycles. The van der Waals surface area contributed by atoms with Crippen molar-refractivity contribution in [2.24, 2.45) is 0 Å². The second-order valence-corrected chi connectivity index (χ2v) is 4.15. The van der Waals surface area contributed by atoms with Gasteiger partial charge in [0.15, 0.2) is 0 Å².